The van der Waals surface area contributed by atoms with Gasteiger partial charge in [-0.25, -0.2) is 19.3 Å². The fraction of sp³-hybridized carbons (Fsp3) is 0. The lowest BCUT2D eigenvalue weighted by Crippen LogP contribution is -1.93. The van der Waals surface area contributed by atoms with Gasteiger partial charge in [0.1, 0.15) is 11.5 Å². The van der Waals surface area contributed by atoms with Crippen molar-refractivity contribution in [1.82, 2.24) is 35.1 Å². The lowest BCUT2D eigenvalue weighted by molar-refractivity contribution is 0.568. The molecule has 0 saturated carbocycles. The highest BCUT2D eigenvalue weighted by Gasteiger charge is 2.21. The molecular weight excluding hydrogens is 399 g/mol. The van der Waals surface area contributed by atoms with Gasteiger partial charge in [0.2, 0.25) is 0 Å². The van der Waals surface area contributed by atoms with Gasteiger partial charge in [-0.1, -0.05) is 0 Å². The van der Waals surface area contributed by atoms with Gasteiger partial charge in [-0.15, -0.1) is 0 Å². The Hall–Kier alpha value is -4.60. The van der Waals surface area contributed by atoms with Gasteiger partial charge in [-0.05, 0) is 18.2 Å². The summed E-state index contributed by atoms with van der Waals surface area (Å²) in [6, 6.07) is 5.34. The minimum Gasteiger partial charge on any atom is -0.472 e. The van der Waals surface area contributed by atoms with E-state index in [1.165, 1.54) is 18.6 Å². The molecule has 0 spiro atoms. The lowest BCUT2D eigenvalue weighted by atomic mass is 10.1. The zero-order valence-corrected chi connectivity index (χ0v) is 15.8. The molecule has 10 heteroatoms. The number of pyridine rings is 3. The lowest BCUT2D eigenvalue weighted by Gasteiger charge is -2.05. The summed E-state index contributed by atoms with van der Waals surface area (Å²) in [6.45, 7) is 0. The Morgan fingerprint density at radius 3 is 2.77 bits per heavy atom. The first-order chi connectivity index (χ1) is 15.2. The molecule has 150 valence electrons. The number of halogens is 1. The molecule has 9 nitrogen and oxygen atoms in total. The summed E-state index contributed by atoms with van der Waals surface area (Å²) in [6.07, 6.45) is 9.33. The molecule has 0 saturated heterocycles. The van der Waals surface area contributed by atoms with Gasteiger partial charge in [-0.3, -0.25) is 10.1 Å². The van der Waals surface area contributed by atoms with Gasteiger partial charge in [0.05, 0.1) is 29.1 Å². The molecule has 6 aromatic rings. The van der Waals surface area contributed by atoms with Crippen molar-refractivity contribution in [2.75, 3.05) is 5.73 Å². The molecule has 0 aliphatic heterocycles. The van der Waals surface area contributed by atoms with Crippen LogP contribution in [0, 0.1) is 5.82 Å². The van der Waals surface area contributed by atoms with Crippen molar-refractivity contribution in [2.45, 2.75) is 0 Å². The quantitative estimate of drug-likeness (QED) is 0.401. The second kappa shape index (κ2) is 6.46. The Balaban J connectivity index is 1.56. The Bertz CT molecular complexity index is 1570. The minimum absolute atomic E-state index is 0.212. The van der Waals surface area contributed by atoms with E-state index in [0.29, 0.717) is 33.9 Å². The third kappa shape index (κ3) is 2.65. The predicted octanol–water partition coefficient (Wildman–Crippen LogP) is 3.94. The van der Waals surface area contributed by atoms with Crippen molar-refractivity contribution in [3.8, 4) is 33.8 Å². The molecule has 4 N–H and O–H groups in total. The van der Waals surface area contributed by atoms with Gasteiger partial charge < -0.3 is 15.1 Å². The highest BCUT2D eigenvalue weighted by atomic mass is 19.1. The Labute approximate surface area is 173 Å². The number of nitrogens with zero attached hydrogens (tertiary/aromatic N) is 5. The number of aromatic nitrogens is 7. The molecule has 0 fully saturated rings. The molecule has 0 unspecified atom stereocenters. The molecule has 0 bridgehead atoms. The molecule has 0 radical (unpaired) electrons. The van der Waals surface area contributed by atoms with Gasteiger partial charge in [0, 0.05) is 47.0 Å². The van der Waals surface area contributed by atoms with Crippen molar-refractivity contribution in [1.29, 1.82) is 0 Å². The summed E-state index contributed by atoms with van der Waals surface area (Å²) in [5.41, 5.74) is 10.6. The van der Waals surface area contributed by atoms with Crippen LogP contribution >= 0.6 is 0 Å². The van der Waals surface area contributed by atoms with Crippen molar-refractivity contribution in [3.63, 3.8) is 0 Å². The van der Waals surface area contributed by atoms with Crippen LogP contribution in [0.4, 0.5) is 10.1 Å². The number of fused-ring (bicyclic) bond motifs is 2. The number of hydrogen-bond acceptors (Lipinski definition) is 7. The molecule has 0 aliphatic rings. The maximum Gasteiger partial charge on any atom is 0.184 e. The Morgan fingerprint density at radius 2 is 1.94 bits per heavy atom. The summed E-state index contributed by atoms with van der Waals surface area (Å²) < 4.78 is 20.8. The second-order valence-electron chi connectivity index (χ2n) is 6.94. The molecule has 6 rings (SSSR count). The zero-order chi connectivity index (χ0) is 20.9. The van der Waals surface area contributed by atoms with Gasteiger partial charge in [0.15, 0.2) is 17.1 Å². The fourth-order valence-electron chi connectivity index (χ4n) is 3.62. The Kier molecular flexibility index (Phi) is 3.60. The van der Waals surface area contributed by atoms with E-state index in [9.17, 15) is 0 Å². The number of nitrogen functional groups attached to an aromatic ring is 1. The summed E-state index contributed by atoms with van der Waals surface area (Å²) >= 11 is 0. The average Bonchev–Trinajstić information content (AvgIpc) is 3.52. The van der Waals surface area contributed by atoms with E-state index >= 15 is 4.39 Å². The SMILES string of the molecule is Nc1cncc(-c2cnc3n[nH]c(-c4nc5nccc(-c6ccoc6)c5[nH]4)c3c2F)c1. The number of furan rings is 1. The van der Waals surface area contributed by atoms with Crippen LogP contribution in [0.5, 0.6) is 0 Å². The van der Waals surface area contributed by atoms with Crippen LogP contribution in [-0.4, -0.2) is 35.1 Å². The molecule has 6 heterocycles. The smallest absolute Gasteiger partial charge is 0.184 e. The summed E-state index contributed by atoms with van der Waals surface area (Å²) in [5.74, 6) is -0.103. The second-order valence-corrected chi connectivity index (χ2v) is 6.94. The normalized spacial score (nSPS) is 11.5. The van der Waals surface area contributed by atoms with Crippen LogP contribution in [0.2, 0.25) is 0 Å². The van der Waals surface area contributed by atoms with Crippen LogP contribution < -0.4 is 5.73 Å². The number of nitrogens with two attached hydrogens (primary N) is 1. The fourth-order valence-corrected chi connectivity index (χ4v) is 3.62. The minimum atomic E-state index is -0.496. The summed E-state index contributed by atoms with van der Waals surface area (Å²) in [4.78, 5) is 20.4. The molecule has 0 aliphatic carbocycles. The first-order valence-electron chi connectivity index (χ1n) is 9.30. The van der Waals surface area contributed by atoms with Crippen molar-refractivity contribution < 1.29 is 8.81 Å². The van der Waals surface area contributed by atoms with E-state index in [-0.39, 0.29) is 16.6 Å². The Morgan fingerprint density at radius 1 is 1.00 bits per heavy atom. The number of aromatic amines is 2. The average molecular weight is 412 g/mol. The van der Waals surface area contributed by atoms with E-state index in [1.54, 1.807) is 24.8 Å². The monoisotopic (exact) mass is 412 g/mol. The van der Waals surface area contributed by atoms with E-state index in [0.717, 1.165) is 11.1 Å². The molecule has 0 atom stereocenters. The number of nitrogens with one attached hydrogen (secondary N) is 2. The summed E-state index contributed by atoms with van der Waals surface area (Å²) in [5, 5.41) is 7.19. The first kappa shape index (κ1) is 17.3. The van der Waals surface area contributed by atoms with Crippen molar-refractivity contribution in [2.24, 2.45) is 0 Å². The molecule has 6 aromatic heterocycles. The number of anilines is 1. The van der Waals surface area contributed by atoms with Crippen LogP contribution in [0.1, 0.15) is 0 Å². The number of rotatable bonds is 3. The highest BCUT2D eigenvalue weighted by Crippen LogP contribution is 2.34. The van der Waals surface area contributed by atoms with Gasteiger partial charge in [0.25, 0.3) is 0 Å². The van der Waals surface area contributed by atoms with Crippen LogP contribution in [0.15, 0.2) is 59.9 Å². The third-order valence-electron chi connectivity index (χ3n) is 5.05. The molecular formula is C21H13FN8O. The zero-order valence-electron chi connectivity index (χ0n) is 15.8. The molecule has 0 aromatic carbocycles. The van der Waals surface area contributed by atoms with Crippen molar-refractivity contribution in [3.05, 3.63) is 61.3 Å². The van der Waals surface area contributed by atoms with Gasteiger partial charge in [-0.2, -0.15) is 5.10 Å². The molecule has 0 amide bonds. The summed E-state index contributed by atoms with van der Waals surface area (Å²) in [7, 11) is 0. The van der Waals surface area contributed by atoms with E-state index in [2.05, 4.69) is 35.1 Å². The van der Waals surface area contributed by atoms with Crippen molar-refractivity contribution >= 4 is 27.9 Å². The highest BCUT2D eigenvalue weighted by molar-refractivity contribution is 5.96. The number of H-pyrrole nitrogens is 2. The first-order valence-corrected chi connectivity index (χ1v) is 9.30. The topological polar surface area (TPSA) is 135 Å². The van der Waals surface area contributed by atoms with Crippen LogP contribution in [0.25, 0.3) is 56.0 Å². The van der Waals surface area contributed by atoms with E-state index < -0.39 is 5.82 Å². The predicted molar refractivity (Wildman–Crippen MR) is 112 cm³/mol. The number of imidazole rings is 1. The van der Waals surface area contributed by atoms with E-state index in [4.69, 9.17) is 10.2 Å². The van der Waals surface area contributed by atoms with Gasteiger partial charge >= 0.3 is 0 Å². The largest absolute Gasteiger partial charge is 0.472 e. The number of hydrogen-bond donors (Lipinski definition) is 3. The third-order valence-corrected chi connectivity index (χ3v) is 5.05. The van der Waals surface area contributed by atoms with E-state index in [1.807, 2.05) is 12.1 Å². The van der Waals surface area contributed by atoms with Crippen LogP contribution in [-0.2, 0) is 0 Å². The van der Waals surface area contributed by atoms with Crippen LogP contribution in [0.3, 0.4) is 0 Å². The maximum absolute atomic E-state index is 15.6. The molecule has 31 heavy (non-hydrogen) atoms. The standard InChI is InChI=1S/C21H13FN8O/c22-16-14(11-5-12(23)7-24-6-11)8-26-19-15(16)18(29-30-19)21-27-17-13(10-2-4-31-9-10)1-3-25-20(17)28-21/h1-9H,23H2,(H,25,27,28)(H,26,29,30). The maximum atomic E-state index is 15.6.